The Balaban J connectivity index is 1.39. The fourth-order valence-electron chi connectivity index (χ4n) is 3.56. The van der Waals surface area contributed by atoms with Crippen molar-refractivity contribution in [2.45, 2.75) is 11.1 Å². The van der Waals surface area contributed by atoms with Crippen LogP contribution in [0, 0.1) is 6.92 Å². The van der Waals surface area contributed by atoms with Gasteiger partial charge in [-0.3, -0.25) is 9.52 Å². The SMILES string of the molecule is Cc1ccc(Cl)cc1N1CCN(C(=O)c2ccc(NS(=O)(=O)c3cccs3)cc2)CC1. The highest BCUT2D eigenvalue weighted by atomic mass is 35.5. The lowest BCUT2D eigenvalue weighted by Crippen LogP contribution is -2.49. The first kappa shape index (κ1) is 21.7. The van der Waals surface area contributed by atoms with E-state index in [1.54, 1.807) is 41.8 Å². The molecule has 1 saturated heterocycles. The molecule has 2 heterocycles. The monoisotopic (exact) mass is 475 g/mol. The molecule has 0 aliphatic carbocycles. The summed E-state index contributed by atoms with van der Waals surface area (Å²) in [6, 6.07) is 15.6. The average molecular weight is 476 g/mol. The number of carbonyl (C=O) groups excluding carboxylic acids is 1. The highest BCUT2D eigenvalue weighted by molar-refractivity contribution is 7.94. The second-order valence-electron chi connectivity index (χ2n) is 7.32. The molecule has 0 atom stereocenters. The van der Waals surface area contributed by atoms with Gasteiger partial charge in [0.15, 0.2) is 0 Å². The summed E-state index contributed by atoms with van der Waals surface area (Å²) in [7, 11) is -3.60. The van der Waals surface area contributed by atoms with Gasteiger partial charge in [0.2, 0.25) is 0 Å². The van der Waals surface area contributed by atoms with Gasteiger partial charge in [0.25, 0.3) is 15.9 Å². The number of benzene rings is 2. The van der Waals surface area contributed by atoms with Crippen LogP contribution in [-0.2, 0) is 10.0 Å². The number of hydrogen-bond donors (Lipinski definition) is 1. The third-order valence-electron chi connectivity index (χ3n) is 5.22. The van der Waals surface area contributed by atoms with Crippen molar-refractivity contribution < 1.29 is 13.2 Å². The Morgan fingerprint density at radius 2 is 1.74 bits per heavy atom. The second kappa shape index (κ2) is 8.90. The Morgan fingerprint density at radius 1 is 1.03 bits per heavy atom. The minimum Gasteiger partial charge on any atom is -0.368 e. The van der Waals surface area contributed by atoms with Crippen LogP contribution in [-0.4, -0.2) is 45.4 Å². The van der Waals surface area contributed by atoms with Gasteiger partial charge in [-0.15, -0.1) is 11.3 Å². The quantitative estimate of drug-likeness (QED) is 0.591. The first-order valence-corrected chi connectivity index (χ1v) is 12.5. The molecule has 4 rings (SSSR count). The number of rotatable bonds is 5. The van der Waals surface area contributed by atoms with Crippen molar-refractivity contribution in [2.75, 3.05) is 35.8 Å². The van der Waals surface area contributed by atoms with E-state index in [1.807, 2.05) is 23.1 Å². The zero-order valence-electron chi connectivity index (χ0n) is 16.9. The van der Waals surface area contributed by atoms with E-state index in [-0.39, 0.29) is 10.1 Å². The minimum atomic E-state index is -3.60. The molecule has 162 valence electrons. The number of nitrogens with zero attached hydrogens (tertiary/aromatic N) is 2. The van der Waals surface area contributed by atoms with Gasteiger partial charge in [0, 0.05) is 48.1 Å². The summed E-state index contributed by atoms with van der Waals surface area (Å²) in [6.07, 6.45) is 0. The zero-order chi connectivity index (χ0) is 22.0. The lowest BCUT2D eigenvalue weighted by molar-refractivity contribution is 0.0747. The van der Waals surface area contributed by atoms with E-state index in [2.05, 4.69) is 16.5 Å². The lowest BCUT2D eigenvalue weighted by Gasteiger charge is -2.37. The molecule has 0 saturated carbocycles. The number of sulfonamides is 1. The summed E-state index contributed by atoms with van der Waals surface area (Å²) in [4.78, 5) is 17.0. The van der Waals surface area contributed by atoms with Crippen molar-refractivity contribution in [1.82, 2.24) is 4.90 Å². The Kier molecular flexibility index (Phi) is 6.22. The molecule has 1 fully saturated rings. The van der Waals surface area contributed by atoms with E-state index in [4.69, 9.17) is 11.6 Å². The van der Waals surface area contributed by atoms with E-state index >= 15 is 0 Å². The van der Waals surface area contributed by atoms with Gasteiger partial charge < -0.3 is 9.80 Å². The van der Waals surface area contributed by atoms with E-state index in [9.17, 15) is 13.2 Å². The summed E-state index contributed by atoms with van der Waals surface area (Å²) in [5.74, 6) is -0.0601. The first-order valence-electron chi connectivity index (χ1n) is 9.80. The van der Waals surface area contributed by atoms with Gasteiger partial charge in [0.1, 0.15) is 4.21 Å². The van der Waals surface area contributed by atoms with E-state index in [0.29, 0.717) is 29.4 Å². The van der Waals surface area contributed by atoms with Crippen LogP contribution in [0.25, 0.3) is 0 Å². The molecule has 0 bridgehead atoms. The van der Waals surface area contributed by atoms with Gasteiger partial charge in [-0.25, -0.2) is 8.42 Å². The molecule has 1 aliphatic heterocycles. The molecule has 0 spiro atoms. The van der Waals surface area contributed by atoms with E-state index in [0.717, 1.165) is 35.7 Å². The average Bonchev–Trinajstić information content (AvgIpc) is 3.32. The maximum atomic E-state index is 12.9. The number of halogens is 1. The topological polar surface area (TPSA) is 69.7 Å². The summed E-state index contributed by atoms with van der Waals surface area (Å²) in [6.45, 7) is 4.73. The van der Waals surface area contributed by atoms with E-state index < -0.39 is 10.0 Å². The number of aryl methyl sites for hydroxylation is 1. The largest absolute Gasteiger partial charge is 0.368 e. The molecular formula is C22H22ClN3O3S2. The molecule has 1 aromatic heterocycles. The molecule has 1 aliphatic rings. The van der Waals surface area contributed by atoms with Crippen LogP contribution in [0.2, 0.25) is 5.02 Å². The molecule has 3 aromatic rings. The molecule has 1 amide bonds. The Bertz CT molecular complexity index is 1170. The molecule has 9 heteroatoms. The number of anilines is 2. The molecular weight excluding hydrogens is 454 g/mol. The number of carbonyl (C=O) groups is 1. The molecule has 0 unspecified atom stereocenters. The van der Waals surface area contributed by atoms with Gasteiger partial charge in [-0.2, -0.15) is 0 Å². The van der Waals surface area contributed by atoms with Crippen LogP contribution in [0.15, 0.2) is 64.2 Å². The predicted molar refractivity (Wildman–Crippen MR) is 126 cm³/mol. The normalized spacial score (nSPS) is 14.5. The van der Waals surface area contributed by atoms with Gasteiger partial charge >= 0.3 is 0 Å². The third-order valence-corrected chi connectivity index (χ3v) is 8.24. The summed E-state index contributed by atoms with van der Waals surface area (Å²) in [5, 5.41) is 2.41. The standard InChI is InChI=1S/C22H22ClN3O3S2/c1-16-4-7-18(23)15-20(16)25-10-12-26(13-11-25)22(27)17-5-8-19(9-6-17)24-31(28,29)21-3-2-14-30-21/h2-9,14-15,24H,10-13H2,1H3. The van der Waals surface area contributed by atoms with Crippen molar-refractivity contribution in [2.24, 2.45) is 0 Å². The maximum Gasteiger partial charge on any atom is 0.271 e. The molecule has 6 nitrogen and oxygen atoms in total. The number of piperazine rings is 1. The minimum absolute atomic E-state index is 0.0601. The maximum absolute atomic E-state index is 12.9. The summed E-state index contributed by atoms with van der Waals surface area (Å²) in [5.41, 5.74) is 3.21. The summed E-state index contributed by atoms with van der Waals surface area (Å²) < 4.78 is 27.5. The van der Waals surface area contributed by atoms with Crippen molar-refractivity contribution in [3.05, 3.63) is 76.1 Å². The molecule has 31 heavy (non-hydrogen) atoms. The van der Waals surface area contributed by atoms with Crippen molar-refractivity contribution in [1.29, 1.82) is 0 Å². The van der Waals surface area contributed by atoms with Gasteiger partial charge in [-0.1, -0.05) is 23.7 Å². The number of hydrogen-bond acceptors (Lipinski definition) is 5. The lowest BCUT2D eigenvalue weighted by atomic mass is 10.1. The number of thiophene rings is 1. The highest BCUT2D eigenvalue weighted by Gasteiger charge is 2.23. The Labute approximate surface area is 191 Å². The van der Waals surface area contributed by atoms with Crippen LogP contribution < -0.4 is 9.62 Å². The van der Waals surface area contributed by atoms with Crippen LogP contribution in [0.3, 0.4) is 0 Å². The van der Waals surface area contributed by atoms with E-state index in [1.165, 1.54) is 0 Å². The Morgan fingerprint density at radius 3 is 2.39 bits per heavy atom. The fourth-order valence-corrected chi connectivity index (χ4v) is 5.78. The summed E-state index contributed by atoms with van der Waals surface area (Å²) >= 11 is 7.30. The van der Waals surface area contributed by atoms with Crippen molar-refractivity contribution >= 4 is 50.2 Å². The van der Waals surface area contributed by atoms with Crippen LogP contribution in [0.1, 0.15) is 15.9 Å². The number of nitrogens with one attached hydrogen (secondary N) is 1. The third kappa shape index (κ3) is 4.87. The van der Waals surface area contributed by atoms with Crippen LogP contribution in [0.5, 0.6) is 0 Å². The fraction of sp³-hybridized carbons (Fsp3) is 0.227. The van der Waals surface area contributed by atoms with Crippen molar-refractivity contribution in [3.8, 4) is 0 Å². The van der Waals surface area contributed by atoms with Gasteiger partial charge in [-0.05, 0) is 60.3 Å². The van der Waals surface area contributed by atoms with Crippen molar-refractivity contribution in [3.63, 3.8) is 0 Å². The second-order valence-corrected chi connectivity index (χ2v) is 10.6. The molecule has 0 radical (unpaired) electrons. The predicted octanol–water partition coefficient (Wildman–Crippen LogP) is 4.47. The zero-order valence-corrected chi connectivity index (χ0v) is 19.3. The van der Waals surface area contributed by atoms with Crippen LogP contribution >= 0.6 is 22.9 Å². The molecule has 2 aromatic carbocycles. The van der Waals surface area contributed by atoms with Crippen LogP contribution in [0.4, 0.5) is 11.4 Å². The Hall–Kier alpha value is -2.55. The highest BCUT2D eigenvalue weighted by Crippen LogP contribution is 2.26. The smallest absolute Gasteiger partial charge is 0.271 e. The van der Waals surface area contributed by atoms with Gasteiger partial charge in [0.05, 0.1) is 0 Å². The first-order chi connectivity index (χ1) is 14.8. The molecule has 1 N–H and O–H groups in total. The number of amides is 1.